The Bertz CT molecular complexity index is 98.9. The van der Waals surface area contributed by atoms with Crippen molar-refractivity contribution in [3.63, 3.8) is 0 Å². The molecule has 0 heterocycles. The molecule has 2 atom stereocenters. The lowest BCUT2D eigenvalue weighted by Gasteiger charge is -2.30. The summed E-state index contributed by atoms with van der Waals surface area (Å²) in [4.78, 5) is 0. The first-order valence-corrected chi connectivity index (χ1v) is 4.91. The van der Waals surface area contributed by atoms with Gasteiger partial charge in [0.05, 0.1) is 0 Å². The van der Waals surface area contributed by atoms with Gasteiger partial charge >= 0.3 is 0 Å². The highest BCUT2D eigenvalue weighted by atomic mass is 32.1. The van der Waals surface area contributed by atoms with E-state index in [0.29, 0.717) is 5.25 Å². The summed E-state index contributed by atoms with van der Waals surface area (Å²) in [5, 5.41) is 0.689. The molecule has 1 fully saturated rings. The highest BCUT2D eigenvalue weighted by molar-refractivity contribution is 7.81. The van der Waals surface area contributed by atoms with Crippen molar-refractivity contribution in [1.82, 2.24) is 0 Å². The monoisotopic (exact) mass is 158 g/mol. The van der Waals surface area contributed by atoms with Crippen molar-refractivity contribution in [2.75, 3.05) is 0 Å². The van der Waals surface area contributed by atoms with Gasteiger partial charge in [-0.3, -0.25) is 0 Å². The minimum Gasteiger partial charge on any atom is -0.176 e. The Morgan fingerprint density at radius 2 is 1.80 bits per heavy atom. The van der Waals surface area contributed by atoms with Crippen LogP contribution < -0.4 is 0 Å². The van der Waals surface area contributed by atoms with Crippen molar-refractivity contribution < 1.29 is 0 Å². The average Bonchev–Trinajstić information content (AvgIpc) is 1.88. The van der Waals surface area contributed by atoms with E-state index in [-0.39, 0.29) is 0 Å². The van der Waals surface area contributed by atoms with Crippen molar-refractivity contribution in [2.45, 2.75) is 44.8 Å². The molecule has 0 bridgehead atoms. The van der Waals surface area contributed by atoms with Gasteiger partial charge in [0.15, 0.2) is 0 Å². The minimum absolute atomic E-state index is 0.689. The molecule has 1 aliphatic carbocycles. The first-order chi connectivity index (χ1) is 4.72. The van der Waals surface area contributed by atoms with Crippen LogP contribution in [-0.4, -0.2) is 5.25 Å². The highest BCUT2D eigenvalue weighted by Gasteiger charge is 2.24. The Morgan fingerprint density at radius 3 is 2.20 bits per heavy atom. The van der Waals surface area contributed by atoms with Crippen molar-refractivity contribution in [2.24, 2.45) is 11.8 Å². The second-order valence-corrected chi connectivity index (χ2v) is 4.42. The van der Waals surface area contributed by atoms with Gasteiger partial charge in [-0.1, -0.05) is 26.7 Å². The quantitative estimate of drug-likeness (QED) is 0.557. The van der Waals surface area contributed by atoms with Crippen LogP contribution in [0.2, 0.25) is 0 Å². The van der Waals surface area contributed by atoms with Gasteiger partial charge < -0.3 is 0 Å². The van der Waals surface area contributed by atoms with Gasteiger partial charge in [-0.15, -0.1) is 0 Å². The number of hydrogen-bond donors (Lipinski definition) is 1. The van der Waals surface area contributed by atoms with Crippen molar-refractivity contribution >= 4 is 12.6 Å². The molecular weight excluding hydrogens is 140 g/mol. The molecule has 0 unspecified atom stereocenters. The summed E-state index contributed by atoms with van der Waals surface area (Å²) >= 11 is 4.60. The molecule has 1 saturated carbocycles. The van der Waals surface area contributed by atoms with Crippen molar-refractivity contribution in [3.8, 4) is 0 Å². The topological polar surface area (TPSA) is 0 Å². The zero-order valence-corrected chi connectivity index (χ0v) is 7.90. The lowest BCUT2D eigenvalue weighted by molar-refractivity contribution is 0.290. The Kier molecular flexibility index (Phi) is 3.09. The normalized spacial score (nSPS) is 34.8. The molecule has 10 heavy (non-hydrogen) atoms. The molecule has 1 rings (SSSR count). The zero-order chi connectivity index (χ0) is 7.56. The van der Waals surface area contributed by atoms with Crippen LogP contribution >= 0.6 is 12.6 Å². The van der Waals surface area contributed by atoms with Crippen molar-refractivity contribution in [1.29, 1.82) is 0 Å². The third-order valence-electron chi connectivity index (χ3n) is 2.64. The van der Waals surface area contributed by atoms with E-state index in [1.54, 1.807) is 0 Å². The zero-order valence-electron chi connectivity index (χ0n) is 7.01. The summed E-state index contributed by atoms with van der Waals surface area (Å²) in [7, 11) is 0. The van der Waals surface area contributed by atoms with E-state index in [2.05, 4.69) is 26.5 Å². The molecule has 0 aliphatic heterocycles. The summed E-state index contributed by atoms with van der Waals surface area (Å²) in [5.74, 6) is 1.72. The van der Waals surface area contributed by atoms with Crippen molar-refractivity contribution in [3.05, 3.63) is 0 Å². The van der Waals surface area contributed by atoms with E-state index < -0.39 is 0 Å². The fourth-order valence-electron chi connectivity index (χ4n) is 1.92. The molecule has 0 aromatic rings. The van der Waals surface area contributed by atoms with Gasteiger partial charge in [0.1, 0.15) is 0 Å². The van der Waals surface area contributed by atoms with E-state index >= 15 is 0 Å². The van der Waals surface area contributed by atoms with E-state index in [0.717, 1.165) is 11.8 Å². The maximum atomic E-state index is 4.60. The van der Waals surface area contributed by atoms with Crippen LogP contribution in [0.25, 0.3) is 0 Å². The van der Waals surface area contributed by atoms with Crippen LogP contribution in [0.1, 0.15) is 39.5 Å². The van der Waals surface area contributed by atoms with Crippen LogP contribution in [0.5, 0.6) is 0 Å². The summed E-state index contributed by atoms with van der Waals surface area (Å²) in [6.45, 7) is 4.64. The largest absolute Gasteiger partial charge is 0.176 e. The molecule has 60 valence electrons. The van der Waals surface area contributed by atoms with Crippen LogP contribution in [0.15, 0.2) is 0 Å². The molecule has 1 aliphatic rings. The summed E-state index contributed by atoms with van der Waals surface area (Å²) in [6.07, 6.45) is 5.58. The Morgan fingerprint density at radius 1 is 1.20 bits per heavy atom. The molecule has 0 radical (unpaired) electrons. The first kappa shape index (κ1) is 8.45. The summed E-state index contributed by atoms with van der Waals surface area (Å²) in [5.41, 5.74) is 0. The smallest absolute Gasteiger partial charge is 0.00475 e. The van der Waals surface area contributed by atoms with Gasteiger partial charge in [0, 0.05) is 5.25 Å². The predicted molar refractivity (Wildman–Crippen MR) is 49.6 cm³/mol. The molecule has 0 aromatic heterocycles. The van der Waals surface area contributed by atoms with Crippen LogP contribution in [0, 0.1) is 11.8 Å². The predicted octanol–water partition coefficient (Wildman–Crippen LogP) is 3.13. The highest BCUT2D eigenvalue weighted by Crippen LogP contribution is 2.33. The van der Waals surface area contributed by atoms with Crippen LogP contribution in [0.3, 0.4) is 0 Å². The van der Waals surface area contributed by atoms with E-state index in [1.807, 2.05) is 0 Å². The molecule has 0 amide bonds. The standard InChI is InChI=1S/C9H18S/c1-7(2)8-5-3-4-6-9(8)10/h7-10H,3-6H2,1-2H3/t8-,9-/m0/s1. The second kappa shape index (κ2) is 3.66. The van der Waals surface area contributed by atoms with E-state index in [9.17, 15) is 0 Å². The van der Waals surface area contributed by atoms with Crippen LogP contribution in [-0.2, 0) is 0 Å². The Labute approximate surface area is 69.8 Å². The molecule has 0 N–H and O–H groups in total. The fraction of sp³-hybridized carbons (Fsp3) is 1.00. The average molecular weight is 158 g/mol. The van der Waals surface area contributed by atoms with Gasteiger partial charge in [-0.2, -0.15) is 12.6 Å². The third kappa shape index (κ3) is 1.91. The first-order valence-electron chi connectivity index (χ1n) is 4.40. The number of thiol groups is 1. The van der Waals surface area contributed by atoms with Gasteiger partial charge in [-0.25, -0.2) is 0 Å². The van der Waals surface area contributed by atoms with Gasteiger partial charge in [0.25, 0.3) is 0 Å². The SMILES string of the molecule is CC(C)[C@@H]1CCCC[C@@H]1S. The van der Waals surface area contributed by atoms with Gasteiger partial charge in [0.2, 0.25) is 0 Å². The maximum absolute atomic E-state index is 4.60. The third-order valence-corrected chi connectivity index (χ3v) is 3.28. The van der Waals surface area contributed by atoms with Crippen LogP contribution in [0.4, 0.5) is 0 Å². The fourth-order valence-corrected chi connectivity index (χ4v) is 2.59. The minimum atomic E-state index is 0.689. The second-order valence-electron chi connectivity index (χ2n) is 3.76. The summed E-state index contributed by atoms with van der Waals surface area (Å²) < 4.78 is 0. The molecule has 0 saturated heterocycles. The molecule has 0 spiro atoms. The molecular formula is C9H18S. The molecule has 0 nitrogen and oxygen atoms in total. The number of hydrogen-bond acceptors (Lipinski definition) is 1. The van der Waals surface area contributed by atoms with Gasteiger partial charge in [-0.05, 0) is 24.7 Å². The number of rotatable bonds is 1. The van der Waals surface area contributed by atoms with E-state index in [1.165, 1.54) is 25.7 Å². The lowest BCUT2D eigenvalue weighted by Crippen LogP contribution is -2.24. The maximum Gasteiger partial charge on any atom is 0.00475 e. The Balaban J connectivity index is 2.40. The summed E-state index contributed by atoms with van der Waals surface area (Å²) in [6, 6.07) is 0. The van der Waals surface area contributed by atoms with E-state index in [4.69, 9.17) is 0 Å². The molecule has 0 aromatic carbocycles. The molecule has 1 heteroatoms. The lowest BCUT2D eigenvalue weighted by atomic mass is 9.81. The Hall–Kier alpha value is 0.350.